The maximum atomic E-state index is 13.8. The SMILES string of the molecule is O=c1oc2ccc(I)cc2n1Cc1cc(Br)ccc1F. The van der Waals surface area contributed by atoms with Gasteiger partial charge in [-0.05, 0) is 59.0 Å². The Kier molecular flexibility index (Phi) is 3.68. The molecule has 102 valence electrons. The predicted molar refractivity (Wildman–Crippen MR) is 86.4 cm³/mol. The van der Waals surface area contributed by atoms with Crippen molar-refractivity contribution in [1.29, 1.82) is 0 Å². The Morgan fingerprint density at radius 1 is 1.25 bits per heavy atom. The van der Waals surface area contributed by atoms with Gasteiger partial charge in [0.25, 0.3) is 0 Å². The minimum Gasteiger partial charge on any atom is -0.408 e. The van der Waals surface area contributed by atoms with Crippen LogP contribution in [0.25, 0.3) is 11.1 Å². The monoisotopic (exact) mass is 447 g/mol. The normalized spacial score (nSPS) is 11.2. The van der Waals surface area contributed by atoms with Gasteiger partial charge in [0.15, 0.2) is 5.58 Å². The molecule has 1 aromatic heterocycles. The maximum Gasteiger partial charge on any atom is 0.420 e. The zero-order chi connectivity index (χ0) is 14.3. The van der Waals surface area contributed by atoms with Crippen molar-refractivity contribution in [3.63, 3.8) is 0 Å². The first-order chi connectivity index (χ1) is 9.54. The summed E-state index contributed by atoms with van der Waals surface area (Å²) in [5, 5.41) is 0. The molecule has 3 aromatic rings. The zero-order valence-electron chi connectivity index (χ0n) is 10.1. The number of benzene rings is 2. The average molecular weight is 448 g/mol. The first-order valence-electron chi connectivity index (χ1n) is 5.77. The van der Waals surface area contributed by atoms with Crippen LogP contribution in [0, 0.1) is 9.39 Å². The second-order valence-electron chi connectivity index (χ2n) is 4.30. The summed E-state index contributed by atoms with van der Waals surface area (Å²) in [4.78, 5) is 11.9. The molecule has 0 bridgehead atoms. The summed E-state index contributed by atoms with van der Waals surface area (Å²) in [5.74, 6) is -0.832. The van der Waals surface area contributed by atoms with Crippen molar-refractivity contribution in [2.24, 2.45) is 0 Å². The number of hydrogen-bond acceptors (Lipinski definition) is 2. The molecule has 0 spiro atoms. The molecule has 20 heavy (non-hydrogen) atoms. The molecule has 0 saturated heterocycles. The number of halogens is 3. The minimum absolute atomic E-state index is 0.136. The summed E-state index contributed by atoms with van der Waals surface area (Å²) in [5.41, 5.74) is 1.61. The van der Waals surface area contributed by atoms with E-state index in [4.69, 9.17) is 4.42 Å². The van der Waals surface area contributed by atoms with Gasteiger partial charge in [-0.2, -0.15) is 0 Å². The fourth-order valence-corrected chi connectivity index (χ4v) is 2.90. The van der Waals surface area contributed by atoms with Crippen LogP contribution in [0.2, 0.25) is 0 Å². The smallest absolute Gasteiger partial charge is 0.408 e. The van der Waals surface area contributed by atoms with E-state index in [1.165, 1.54) is 10.6 Å². The standard InChI is InChI=1S/C14H8BrFINO2/c15-9-1-3-11(16)8(5-9)7-18-12-6-10(17)2-4-13(12)20-14(18)19/h1-6H,7H2. The van der Waals surface area contributed by atoms with Crippen LogP contribution in [0.4, 0.5) is 4.39 Å². The van der Waals surface area contributed by atoms with E-state index in [0.717, 1.165) is 8.04 Å². The first-order valence-corrected chi connectivity index (χ1v) is 7.64. The molecule has 0 aliphatic carbocycles. The van der Waals surface area contributed by atoms with Gasteiger partial charge in [-0.1, -0.05) is 15.9 Å². The molecule has 3 nitrogen and oxygen atoms in total. The lowest BCUT2D eigenvalue weighted by Crippen LogP contribution is -2.15. The van der Waals surface area contributed by atoms with Crippen molar-refractivity contribution < 1.29 is 8.81 Å². The lowest BCUT2D eigenvalue weighted by Gasteiger charge is -2.05. The summed E-state index contributed by atoms with van der Waals surface area (Å²) in [6.45, 7) is 0.136. The molecule has 1 heterocycles. The van der Waals surface area contributed by atoms with E-state index in [-0.39, 0.29) is 12.4 Å². The van der Waals surface area contributed by atoms with Crippen LogP contribution in [-0.4, -0.2) is 4.57 Å². The fourth-order valence-electron chi connectivity index (χ4n) is 2.02. The Hall–Kier alpha value is -1.15. The van der Waals surface area contributed by atoms with Crippen molar-refractivity contribution >= 4 is 49.6 Å². The van der Waals surface area contributed by atoms with Gasteiger partial charge in [0.05, 0.1) is 12.1 Å². The lowest BCUT2D eigenvalue weighted by molar-refractivity contribution is 0.512. The van der Waals surface area contributed by atoms with E-state index in [1.54, 1.807) is 18.2 Å². The molecule has 0 fully saturated rings. The quantitative estimate of drug-likeness (QED) is 0.553. The summed E-state index contributed by atoms with van der Waals surface area (Å²) in [7, 11) is 0. The van der Waals surface area contributed by atoms with Crippen LogP contribution < -0.4 is 5.76 Å². The second kappa shape index (κ2) is 5.33. The largest absolute Gasteiger partial charge is 0.420 e. The van der Waals surface area contributed by atoms with E-state index in [0.29, 0.717) is 16.7 Å². The molecule has 0 saturated carbocycles. The molecular formula is C14H8BrFINO2. The van der Waals surface area contributed by atoms with Crippen molar-refractivity contribution in [1.82, 2.24) is 4.57 Å². The molecule has 0 N–H and O–H groups in total. The van der Waals surface area contributed by atoms with Crippen LogP contribution in [0.1, 0.15) is 5.56 Å². The highest BCUT2D eigenvalue weighted by atomic mass is 127. The summed E-state index contributed by atoms with van der Waals surface area (Å²) >= 11 is 5.46. The summed E-state index contributed by atoms with van der Waals surface area (Å²) < 4.78 is 22.2. The van der Waals surface area contributed by atoms with Gasteiger partial charge in [0.2, 0.25) is 0 Å². The summed E-state index contributed by atoms with van der Waals surface area (Å²) in [6.07, 6.45) is 0. The molecule has 0 amide bonds. The van der Waals surface area contributed by atoms with E-state index in [1.807, 2.05) is 12.1 Å². The maximum absolute atomic E-state index is 13.8. The van der Waals surface area contributed by atoms with Crippen LogP contribution in [-0.2, 0) is 6.54 Å². The molecule has 2 aromatic carbocycles. The van der Waals surface area contributed by atoms with Crippen molar-refractivity contribution in [2.75, 3.05) is 0 Å². The predicted octanol–water partition coefficient (Wildman–Crippen LogP) is 4.15. The fraction of sp³-hybridized carbons (Fsp3) is 0.0714. The third kappa shape index (κ3) is 2.54. The van der Waals surface area contributed by atoms with E-state index < -0.39 is 5.76 Å². The zero-order valence-corrected chi connectivity index (χ0v) is 13.8. The number of fused-ring (bicyclic) bond motifs is 1. The Balaban J connectivity index is 2.15. The van der Waals surface area contributed by atoms with E-state index in [9.17, 15) is 9.18 Å². The van der Waals surface area contributed by atoms with E-state index in [2.05, 4.69) is 38.5 Å². The molecule has 0 aliphatic heterocycles. The van der Waals surface area contributed by atoms with E-state index >= 15 is 0 Å². The lowest BCUT2D eigenvalue weighted by atomic mass is 10.2. The highest BCUT2D eigenvalue weighted by Crippen LogP contribution is 2.20. The molecular weight excluding hydrogens is 440 g/mol. The third-order valence-corrected chi connectivity index (χ3v) is 4.13. The van der Waals surface area contributed by atoms with Crippen LogP contribution in [0.15, 0.2) is 50.1 Å². The Morgan fingerprint density at radius 3 is 2.85 bits per heavy atom. The van der Waals surface area contributed by atoms with Gasteiger partial charge in [0.1, 0.15) is 5.82 Å². The molecule has 0 radical (unpaired) electrons. The summed E-state index contributed by atoms with van der Waals surface area (Å²) in [6, 6.07) is 10.1. The molecule has 0 aliphatic rings. The van der Waals surface area contributed by atoms with Gasteiger partial charge in [-0.15, -0.1) is 0 Å². The van der Waals surface area contributed by atoms with Gasteiger partial charge in [0, 0.05) is 13.6 Å². The van der Waals surface area contributed by atoms with Gasteiger partial charge >= 0.3 is 5.76 Å². The highest BCUT2D eigenvalue weighted by molar-refractivity contribution is 14.1. The van der Waals surface area contributed by atoms with Gasteiger partial charge in [-0.25, -0.2) is 9.18 Å². The third-order valence-electron chi connectivity index (χ3n) is 2.97. The second-order valence-corrected chi connectivity index (χ2v) is 6.46. The number of rotatable bonds is 2. The van der Waals surface area contributed by atoms with Crippen LogP contribution in [0.5, 0.6) is 0 Å². The number of hydrogen-bond donors (Lipinski definition) is 0. The molecule has 6 heteroatoms. The Bertz CT molecular complexity index is 856. The van der Waals surface area contributed by atoms with Crippen LogP contribution >= 0.6 is 38.5 Å². The topological polar surface area (TPSA) is 35.1 Å². The molecule has 0 atom stereocenters. The first kappa shape index (κ1) is 13.8. The van der Waals surface area contributed by atoms with Crippen molar-refractivity contribution in [3.8, 4) is 0 Å². The Morgan fingerprint density at radius 2 is 2.05 bits per heavy atom. The van der Waals surface area contributed by atoms with Crippen LogP contribution in [0.3, 0.4) is 0 Å². The van der Waals surface area contributed by atoms with Gasteiger partial charge < -0.3 is 4.42 Å². The number of oxazole rings is 1. The molecule has 0 unspecified atom stereocenters. The highest BCUT2D eigenvalue weighted by Gasteiger charge is 2.12. The van der Waals surface area contributed by atoms with Crippen molar-refractivity contribution in [3.05, 3.63) is 66.4 Å². The molecule has 3 rings (SSSR count). The van der Waals surface area contributed by atoms with Gasteiger partial charge in [-0.3, -0.25) is 4.57 Å². The number of aromatic nitrogens is 1. The van der Waals surface area contributed by atoms with Crippen molar-refractivity contribution in [2.45, 2.75) is 6.54 Å². The Labute approximate surface area is 135 Å². The number of nitrogens with zero attached hydrogens (tertiary/aromatic N) is 1. The minimum atomic E-state index is -0.485. The average Bonchev–Trinajstić information content (AvgIpc) is 2.70.